The largest absolute Gasteiger partial charge is 0.363 e. The number of ether oxygens (including phenoxy) is 1. The molecule has 0 aromatic carbocycles. The average molecular weight is 238 g/mol. The van der Waals surface area contributed by atoms with Gasteiger partial charge in [0.2, 0.25) is 0 Å². The zero-order valence-electron chi connectivity index (χ0n) is 11.7. The molecule has 1 heterocycles. The first-order valence-corrected chi connectivity index (χ1v) is 7.29. The van der Waals surface area contributed by atoms with Crippen LogP contribution in [0.4, 0.5) is 0 Å². The minimum Gasteiger partial charge on any atom is -0.363 e. The molecule has 0 radical (unpaired) electrons. The second-order valence-corrected chi connectivity index (χ2v) is 5.99. The lowest BCUT2D eigenvalue weighted by Crippen LogP contribution is -2.56. The summed E-state index contributed by atoms with van der Waals surface area (Å²) in [4.78, 5) is 12.2. The van der Waals surface area contributed by atoms with Gasteiger partial charge in [0.05, 0.1) is 6.10 Å². The Kier molecular flexibility index (Phi) is 3.37. The van der Waals surface area contributed by atoms with Crippen LogP contribution in [0.15, 0.2) is 0 Å². The highest BCUT2D eigenvalue weighted by Crippen LogP contribution is 2.59. The monoisotopic (exact) mass is 238 g/mol. The van der Waals surface area contributed by atoms with Gasteiger partial charge in [-0.25, -0.2) is 0 Å². The van der Waals surface area contributed by atoms with E-state index in [1.807, 2.05) is 13.8 Å². The number of hydrogen-bond acceptors (Lipinski definition) is 2. The van der Waals surface area contributed by atoms with Crippen LogP contribution in [0.1, 0.15) is 66.2 Å². The zero-order valence-corrected chi connectivity index (χ0v) is 11.7. The highest BCUT2D eigenvalue weighted by molar-refractivity contribution is 5.89. The van der Waals surface area contributed by atoms with Gasteiger partial charge in [-0.05, 0) is 44.9 Å². The Morgan fingerprint density at radius 3 is 2.71 bits per heavy atom. The minimum absolute atomic E-state index is 0.142. The van der Waals surface area contributed by atoms with E-state index >= 15 is 0 Å². The number of carbonyl (C=O) groups excluding carboxylic acids is 1. The van der Waals surface area contributed by atoms with E-state index in [4.69, 9.17) is 4.74 Å². The van der Waals surface area contributed by atoms with Crippen molar-refractivity contribution in [3.63, 3.8) is 0 Å². The summed E-state index contributed by atoms with van der Waals surface area (Å²) >= 11 is 0. The Morgan fingerprint density at radius 1 is 1.29 bits per heavy atom. The Balaban J connectivity index is 0.000000514. The predicted octanol–water partition coefficient (Wildman–Crippen LogP) is 3.73. The molecule has 0 aromatic heterocycles. The Labute approximate surface area is 105 Å². The van der Waals surface area contributed by atoms with Gasteiger partial charge < -0.3 is 4.74 Å². The van der Waals surface area contributed by atoms with Gasteiger partial charge in [-0.1, -0.05) is 20.8 Å². The summed E-state index contributed by atoms with van der Waals surface area (Å²) in [7, 11) is 0. The molecule has 4 atom stereocenters. The highest BCUT2D eigenvalue weighted by Gasteiger charge is 2.63. The van der Waals surface area contributed by atoms with Gasteiger partial charge in [0.25, 0.3) is 0 Å². The third-order valence-corrected chi connectivity index (χ3v) is 5.23. The molecule has 2 aliphatic carbocycles. The summed E-state index contributed by atoms with van der Waals surface area (Å²) in [6.07, 6.45) is 6.74. The van der Waals surface area contributed by atoms with Gasteiger partial charge in [0.1, 0.15) is 5.60 Å². The molecule has 2 saturated carbocycles. The van der Waals surface area contributed by atoms with Crippen molar-refractivity contribution in [1.82, 2.24) is 0 Å². The summed E-state index contributed by atoms with van der Waals surface area (Å²) in [5, 5.41) is 0. The van der Waals surface area contributed by atoms with Gasteiger partial charge in [0, 0.05) is 11.8 Å². The van der Waals surface area contributed by atoms with Crippen molar-refractivity contribution in [1.29, 1.82) is 0 Å². The number of Topliss-reactive ketones (excluding diaryl/α,β-unsaturated/α-hetero) is 1. The molecule has 2 heteroatoms. The lowest BCUT2D eigenvalue weighted by molar-refractivity contribution is -0.170. The van der Waals surface area contributed by atoms with Gasteiger partial charge in [-0.3, -0.25) is 4.79 Å². The van der Waals surface area contributed by atoms with E-state index in [0.717, 1.165) is 19.3 Å². The molecule has 0 amide bonds. The summed E-state index contributed by atoms with van der Waals surface area (Å²) in [6, 6.07) is 0. The summed E-state index contributed by atoms with van der Waals surface area (Å²) in [5.41, 5.74) is -0.239. The number of fused-ring (bicyclic) bond motifs is 1. The molecule has 2 nitrogen and oxygen atoms in total. The molecule has 0 aromatic rings. The van der Waals surface area contributed by atoms with Crippen molar-refractivity contribution >= 4 is 5.78 Å². The van der Waals surface area contributed by atoms with Gasteiger partial charge >= 0.3 is 0 Å². The van der Waals surface area contributed by atoms with Crippen LogP contribution < -0.4 is 0 Å². The molecule has 3 rings (SSSR count). The Hall–Kier alpha value is -0.370. The van der Waals surface area contributed by atoms with Crippen LogP contribution >= 0.6 is 0 Å². The average Bonchev–Trinajstić information content (AvgIpc) is 2.62. The number of hydrogen-bond donors (Lipinski definition) is 0. The molecule has 1 spiro atoms. The van der Waals surface area contributed by atoms with Crippen LogP contribution in [0.3, 0.4) is 0 Å². The zero-order chi connectivity index (χ0) is 12.7. The third kappa shape index (κ3) is 1.68. The Bertz CT molecular complexity index is 308. The maximum atomic E-state index is 12.2. The third-order valence-electron chi connectivity index (χ3n) is 5.23. The molecule has 2 bridgehead atoms. The fourth-order valence-corrected chi connectivity index (χ4v) is 4.11. The SMILES string of the molecule is CC.CC1OC23CC1CC[C@]2(C)CCCC3=O. The van der Waals surface area contributed by atoms with Gasteiger partial charge in [-0.15, -0.1) is 0 Å². The highest BCUT2D eigenvalue weighted by atomic mass is 16.5. The van der Waals surface area contributed by atoms with Crippen molar-refractivity contribution in [2.45, 2.75) is 77.9 Å². The molecule has 3 unspecified atom stereocenters. The lowest BCUT2D eigenvalue weighted by atomic mass is 9.56. The molecule has 1 aliphatic heterocycles. The van der Waals surface area contributed by atoms with Crippen LogP contribution in [-0.4, -0.2) is 17.5 Å². The smallest absolute Gasteiger partial charge is 0.165 e. The second kappa shape index (κ2) is 4.38. The molecular formula is C15H26O2. The number of ketones is 1. The maximum Gasteiger partial charge on any atom is 0.165 e. The van der Waals surface area contributed by atoms with Gasteiger partial charge in [0.15, 0.2) is 5.78 Å². The second-order valence-electron chi connectivity index (χ2n) is 5.99. The van der Waals surface area contributed by atoms with E-state index in [9.17, 15) is 4.79 Å². The lowest BCUT2D eigenvalue weighted by Gasteiger charge is -2.50. The summed E-state index contributed by atoms with van der Waals surface area (Å²) < 4.78 is 6.14. The number of carbonyl (C=O) groups is 1. The maximum absolute atomic E-state index is 12.2. The molecule has 3 aliphatic rings. The van der Waals surface area contributed by atoms with Crippen LogP contribution in [0.5, 0.6) is 0 Å². The van der Waals surface area contributed by atoms with Crippen LogP contribution in [-0.2, 0) is 9.53 Å². The van der Waals surface area contributed by atoms with E-state index in [1.54, 1.807) is 0 Å². The fraction of sp³-hybridized carbons (Fsp3) is 0.933. The van der Waals surface area contributed by atoms with E-state index in [1.165, 1.54) is 19.3 Å². The van der Waals surface area contributed by atoms with E-state index < -0.39 is 0 Å². The van der Waals surface area contributed by atoms with E-state index in [2.05, 4.69) is 13.8 Å². The molecule has 17 heavy (non-hydrogen) atoms. The molecule has 1 saturated heterocycles. The van der Waals surface area contributed by atoms with Crippen molar-refractivity contribution in [3.8, 4) is 0 Å². The Morgan fingerprint density at radius 2 is 2.00 bits per heavy atom. The summed E-state index contributed by atoms with van der Waals surface area (Å²) in [5.74, 6) is 1.03. The van der Waals surface area contributed by atoms with Crippen LogP contribution in [0.2, 0.25) is 0 Å². The standard InChI is InChI=1S/C13H20O2.C2H6/c1-9-10-5-7-12(2)6-3-4-11(14)13(12,8-10)15-9;1-2/h9-10H,3-8H2,1-2H3;1-2H3/t9?,10?,12-,13?;/m0./s1. The van der Waals surface area contributed by atoms with E-state index in [-0.39, 0.29) is 11.0 Å². The minimum atomic E-state index is -0.381. The fourth-order valence-electron chi connectivity index (χ4n) is 4.11. The molecule has 3 fully saturated rings. The summed E-state index contributed by atoms with van der Waals surface area (Å²) in [6.45, 7) is 8.42. The first-order valence-electron chi connectivity index (χ1n) is 7.29. The topological polar surface area (TPSA) is 26.3 Å². The van der Waals surface area contributed by atoms with E-state index in [0.29, 0.717) is 17.8 Å². The van der Waals surface area contributed by atoms with Gasteiger partial charge in [-0.2, -0.15) is 0 Å². The molecular weight excluding hydrogens is 212 g/mol. The normalized spacial score (nSPS) is 48.1. The van der Waals surface area contributed by atoms with Crippen molar-refractivity contribution in [2.24, 2.45) is 11.3 Å². The van der Waals surface area contributed by atoms with Crippen LogP contribution in [0, 0.1) is 11.3 Å². The number of rotatable bonds is 0. The van der Waals surface area contributed by atoms with Crippen molar-refractivity contribution in [3.05, 3.63) is 0 Å². The first kappa shape index (κ1) is 13.1. The first-order chi connectivity index (χ1) is 8.07. The predicted molar refractivity (Wildman–Crippen MR) is 68.9 cm³/mol. The van der Waals surface area contributed by atoms with Crippen molar-refractivity contribution in [2.75, 3.05) is 0 Å². The van der Waals surface area contributed by atoms with Crippen molar-refractivity contribution < 1.29 is 9.53 Å². The quantitative estimate of drug-likeness (QED) is 0.643. The van der Waals surface area contributed by atoms with Crippen LogP contribution in [0.25, 0.3) is 0 Å². The molecule has 98 valence electrons. The molecule has 0 N–H and O–H groups in total.